The maximum Gasteiger partial charge on any atom is 0.191 e. The van der Waals surface area contributed by atoms with Gasteiger partial charge >= 0.3 is 0 Å². The number of rotatable bonds is 7. The van der Waals surface area contributed by atoms with Crippen LogP contribution in [0, 0.1) is 6.92 Å². The van der Waals surface area contributed by atoms with Crippen LogP contribution in [0.4, 0.5) is 0 Å². The number of hydrogen-bond donors (Lipinski definition) is 2. The Balaban J connectivity index is 0.00000280. The summed E-state index contributed by atoms with van der Waals surface area (Å²) in [5.74, 6) is 2.38. The number of aliphatic imine (C=N–C) groups is 1. The average Bonchev–Trinajstić information content (AvgIpc) is 3.49. The Morgan fingerprint density at radius 1 is 1.07 bits per heavy atom. The van der Waals surface area contributed by atoms with Crippen molar-refractivity contribution in [2.75, 3.05) is 27.8 Å². The SMILES string of the molecule is CN=C(NCc1ccc(OC)cc1OC)NCC1(c2ccccc2C)CC1.I. The molecular formula is C22H30IN3O2. The maximum atomic E-state index is 5.47. The summed E-state index contributed by atoms with van der Waals surface area (Å²) in [6.07, 6.45) is 2.43. The molecule has 0 unspecified atom stereocenters. The number of nitrogens with zero attached hydrogens (tertiary/aromatic N) is 1. The molecule has 0 atom stereocenters. The number of methoxy groups -OCH3 is 2. The minimum atomic E-state index is 0. The van der Waals surface area contributed by atoms with Crippen molar-refractivity contribution in [1.82, 2.24) is 10.6 Å². The Kier molecular flexibility index (Phi) is 7.98. The molecule has 5 nitrogen and oxygen atoms in total. The van der Waals surface area contributed by atoms with E-state index in [0.717, 1.165) is 29.6 Å². The molecule has 0 radical (unpaired) electrons. The predicted octanol–water partition coefficient (Wildman–Crippen LogP) is 4.03. The third-order valence-corrected chi connectivity index (χ3v) is 5.33. The minimum absolute atomic E-state index is 0. The number of nitrogens with one attached hydrogen (secondary N) is 2. The first-order valence-electron chi connectivity index (χ1n) is 9.33. The van der Waals surface area contributed by atoms with Crippen molar-refractivity contribution < 1.29 is 9.47 Å². The van der Waals surface area contributed by atoms with Crippen LogP contribution in [-0.4, -0.2) is 33.8 Å². The van der Waals surface area contributed by atoms with Crippen molar-refractivity contribution in [3.8, 4) is 11.5 Å². The lowest BCUT2D eigenvalue weighted by molar-refractivity contribution is 0.390. The fraction of sp³-hybridized carbons (Fsp3) is 0.409. The molecule has 0 heterocycles. The monoisotopic (exact) mass is 495 g/mol. The number of halogens is 1. The van der Waals surface area contributed by atoms with E-state index in [0.29, 0.717) is 6.54 Å². The third-order valence-electron chi connectivity index (χ3n) is 5.33. The highest BCUT2D eigenvalue weighted by atomic mass is 127. The average molecular weight is 495 g/mol. The van der Waals surface area contributed by atoms with Crippen molar-refractivity contribution in [3.63, 3.8) is 0 Å². The van der Waals surface area contributed by atoms with Crippen molar-refractivity contribution >= 4 is 29.9 Å². The summed E-state index contributed by atoms with van der Waals surface area (Å²) >= 11 is 0. The van der Waals surface area contributed by atoms with Crippen LogP contribution < -0.4 is 20.1 Å². The van der Waals surface area contributed by atoms with Crippen molar-refractivity contribution in [1.29, 1.82) is 0 Å². The molecule has 1 aliphatic rings. The van der Waals surface area contributed by atoms with Crippen LogP contribution in [-0.2, 0) is 12.0 Å². The van der Waals surface area contributed by atoms with Gasteiger partial charge in [-0.15, -0.1) is 24.0 Å². The molecule has 2 N–H and O–H groups in total. The molecule has 3 rings (SSSR count). The standard InChI is InChI=1S/C22H29N3O2.HI/c1-16-7-5-6-8-19(16)22(11-12-22)15-25-21(23-2)24-14-17-9-10-18(26-3)13-20(17)27-4;/h5-10,13H,11-12,14-15H2,1-4H3,(H2,23,24,25);1H. The van der Waals surface area contributed by atoms with E-state index in [1.807, 2.05) is 18.2 Å². The molecular weight excluding hydrogens is 465 g/mol. The van der Waals surface area contributed by atoms with Gasteiger partial charge < -0.3 is 20.1 Å². The number of aryl methyl sites for hydroxylation is 1. The first-order chi connectivity index (χ1) is 13.1. The van der Waals surface area contributed by atoms with E-state index in [1.165, 1.54) is 24.0 Å². The lowest BCUT2D eigenvalue weighted by Gasteiger charge is -2.21. The van der Waals surface area contributed by atoms with Gasteiger partial charge in [-0.05, 0) is 43.0 Å². The van der Waals surface area contributed by atoms with Crippen molar-refractivity contribution in [2.24, 2.45) is 4.99 Å². The summed E-state index contributed by atoms with van der Waals surface area (Å²) in [7, 11) is 5.12. The van der Waals surface area contributed by atoms with E-state index >= 15 is 0 Å². The van der Waals surface area contributed by atoms with E-state index in [1.54, 1.807) is 21.3 Å². The molecule has 0 spiro atoms. The second kappa shape index (κ2) is 10.0. The first kappa shape index (κ1) is 22.3. The molecule has 0 aromatic heterocycles. The van der Waals surface area contributed by atoms with E-state index in [2.05, 4.69) is 46.8 Å². The van der Waals surface area contributed by atoms with Crippen LogP contribution >= 0.6 is 24.0 Å². The van der Waals surface area contributed by atoms with Gasteiger partial charge in [0.15, 0.2) is 5.96 Å². The Bertz CT molecular complexity index is 819. The molecule has 152 valence electrons. The summed E-state index contributed by atoms with van der Waals surface area (Å²) in [6, 6.07) is 14.5. The summed E-state index contributed by atoms with van der Waals surface area (Å²) in [6.45, 7) is 3.71. The zero-order valence-corrected chi connectivity index (χ0v) is 19.4. The molecule has 28 heavy (non-hydrogen) atoms. The minimum Gasteiger partial charge on any atom is -0.497 e. The highest BCUT2D eigenvalue weighted by Gasteiger charge is 2.44. The van der Waals surface area contributed by atoms with Gasteiger partial charge in [0.05, 0.1) is 14.2 Å². The highest BCUT2D eigenvalue weighted by Crippen LogP contribution is 2.48. The number of guanidine groups is 1. The quantitative estimate of drug-likeness (QED) is 0.346. The van der Waals surface area contributed by atoms with Gasteiger partial charge in [0.1, 0.15) is 11.5 Å². The molecule has 2 aromatic rings. The van der Waals surface area contributed by atoms with Gasteiger partial charge in [0, 0.05) is 37.2 Å². The summed E-state index contributed by atoms with van der Waals surface area (Å²) in [5, 5.41) is 6.88. The Morgan fingerprint density at radius 2 is 1.82 bits per heavy atom. The Hall–Kier alpha value is -1.96. The molecule has 6 heteroatoms. The Morgan fingerprint density at radius 3 is 2.43 bits per heavy atom. The predicted molar refractivity (Wildman–Crippen MR) is 125 cm³/mol. The normalized spacial score (nSPS) is 14.6. The van der Waals surface area contributed by atoms with Gasteiger partial charge in [-0.1, -0.05) is 24.3 Å². The first-order valence-corrected chi connectivity index (χ1v) is 9.33. The van der Waals surface area contributed by atoms with E-state index in [4.69, 9.17) is 9.47 Å². The van der Waals surface area contributed by atoms with E-state index < -0.39 is 0 Å². The number of benzene rings is 2. The van der Waals surface area contributed by atoms with Gasteiger partial charge in [0.2, 0.25) is 0 Å². The third kappa shape index (κ3) is 5.10. The number of ether oxygens (including phenoxy) is 2. The lowest BCUT2D eigenvalue weighted by atomic mass is 9.92. The van der Waals surface area contributed by atoms with Gasteiger partial charge in [0.25, 0.3) is 0 Å². The molecule has 0 amide bonds. The molecule has 0 saturated heterocycles. The highest BCUT2D eigenvalue weighted by molar-refractivity contribution is 14.0. The zero-order chi connectivity index (χ0) is 19.3. The molecule has 2 aromatic carbocycles. The van der Waals surface area contributed by atoms with Crippen molar-refractivity contribution in [2.45, 2.75) is 31.7 Å². The smallest absolute Gasteiger partial charge is 0.191 e. The molecule has 1 aliphatic carbocycles. The second-order valence-electron chi connectivity index (χ2n) is 7.05. The topological polar surface area (TPSA) is 54.9 Å². The van der Waals surface area contributed by atoms with Crippen LogP contribution in [0.5, 0.6) is 11.5 Å². The molecule has 1 saturated carbocycles. The summed E-state index contributed by atoms with van der Waals surface area (Å²) < 4.78 is 10.7. The van der Waals surface area contributed by atoms with Crippen LogP contribution in [0.2, 0.25) is 0 Å². The molecule has 0 aliphatic heterocycles. The van der Waals surface area contributed by atoms with Crippen LogP contribution in [0.25, 0.3) is 0 Å². The fourth-order valence-corrected chi connectivity index (χ4v) is 3.51. The van der Waals surface area contributed by atoms with E-state index in [-0.39, 0.29) is 29.4 Å². The van der Waals surface area contributed by atoms with Gasteiger partial charge in [-0.2, -0.15) is 0 Å². The largest absolute Gasteiger partial charge is 0.497 e. The van der Waals surface area contributed by atoms with Crippen molar-refractivity contribution in [3.05, 3.63) is 59.2 Å². The maximum absolute atomic E-state index is 5.47. The van der Waals surface area contributed by atoms with E-state index in [9.17, 15) is 0 Å². The second-order valence-corrected chi connectivity index (χ2v) is 7.05. The molecule has 0 bridgehead atoms. The van der Waals surface area contributed by atoms with Crippen LogP contribution in [0.3, 0.4) is 0 Å². The van der Waals surface area contributed by atoms with Crippen LogP contribution in [0.1, 0.15) is 29.5 Å². The summed E-state index contributed by atoms with van der Waals surface area (Å²) in [5.41, 5.74) is 4.11. The van der Waals surface area contributed by atoms with Crippen LogP contribution in [0.15, 0.2) is 47.5 Å². The van der Waals surface area contributed by atoms with Gasteiger partial charge in [-0.3, -0.25) is 4.99 Å². The summed E-state index contributed by atoms with van der Waals surface area (Å²) in [4.78, 5) is 4.37. The zero-order valence-electron chi connectivity index (χ0n) is 17.0. The fourth-order valence-electron chi connectivity index (χ4n) is 3.51. The Labute approximate surface area is 184 Å². The molecule has 1 fully saturated rings. The van der Waals surface area contributed by atoms with Gasteiger partial charge in [-0.25, -0.2) is 0 Å². The number of hydrogen-bond acceptors (Lipinski definition) is 3. The lowest BCUT2D eigenvalue weighted by Crippen LogP contribution is -2.41.